The van der Waals surface area contributed by atoms with Crippen molar-refractivity contribution >= 4 is 22.9 Å². The first-order valence-electron chi connectivity index (χ1n) is 8.74. The molecule has 3 heteroatoms. The number of benzene rings is 2. The van der Waals surface area contributed by atoms with Gasteiger partial charge in [-0.15, -0.1) is 0 Å². The highest BCUT2D eigenvalue weighted by Gasteiger charge is 2.36. The molecule has 0 fully saturated rings. The van der Waals surface area contributed by atoms with Crippen LogP contribution in [0.25, 0.3) is 0 Å². The summed E-state index contributed by atoms with van der Waals surface area (Å²) in [6.45, 7) is 8.80. The van der Waals surface area contributed by atoms with Crippen molar-refractivity contribution in [2.75, 3.05) is 9.80 Å². The molecule has 0 amide bonds. The second kappa shape index (κ2) is 5.92. The molecular formula is C22H23N3. The lowest BCUT2D eigenvalue weighted by atomic mass is 10.0. The van der Waals surface area contributed by atoms with Crippen LogP contribution in [0.4, 0.5) is 22.9 Å². The lowest BCUT2D eigenvalue weighted by Crippen LogP contribution is -2.35. The topological polar surface area (TPSA) is 19.4 Å². The van der Waals surface area contributed by atoms with Gasteiger partial charge in [0.25, 0.3) is 0 Å². The molecule has 0 N–H and O–H groups in total. The standard InChI is InChI=1S/C22H23N3/c1-15-13-16(2)17(3)21(14-15)25-18(4)24(19-9-6-5-7-10-19)22-20(25)11-8-12-23-22/h5-14,18H,1-4H3/t18-/m0/s1. The highest BCUT2D eigenvalue weighted by atomic mass is 15.4. The first-order valence-corrected chi connectivity index (χ1v) is 8.74. The van der Waals surface area contributed by atoms with Crippen molar-refractivity contribution in [3.63, 3.8) is 0 Å². The fourth-order valence-corrected chi connectivity index (χ4v) is 3.78. The van der Waals surface area contributed by atoms with E-state index in [-0.39, 0.29) is 6.17 Å². The fraction of sp³-hybridized carbons (Fsp3) is 0.227. The highest BCUT2D eigenvalue weighted by Crippen LogP contribution is 2.47. The molecule has 1 aliphatic rings. The molecule has 1 atom stereocenters. The zero-order chi connectivity index (χ0) is 17.6. The maximum Gasteiger partial charge on any atom is 0.158 e. The third kappa shape index (κ3) is 2.47. The zero-order valence-corrected chi connectivity index (χ0v) is 15.2. The fourth-order valence-electron chi connectivity index (χ4n) is 3.78. The van der Waals surface area contributed by atoms with E-state index >= 15 is 0 Å². The quantitative estimate of drug-likeness (QED) is 0.606. The molecule has 0 unspecified atom stereocenters. The van der Waals surface area contributed by atoms with E-state index < -0.39 is 0 Å². The van der Waals surface area contributed by atoms with Crippen LogP contribution in [0.1, 0.15) is 23.6 Å². The van der Waals surface area contributed by atoms with Gasteiger partial charge >= 0.3 is 0 Å². The van der Waals surface area contributed by atoms with Crippen molar-refractivity contribution in [1.82, 2.24) is 4.98 Å². The third-order valence-corrected chi connectivity index (χ3v) is 5.08. The van der Waals surface area contributed by atoms with Gasteiger partial charge in [-0.05, 0) is 74.7 Å². The number of para-hydroxylation sites is 1. The van der Waals surface area contributed by atoms with Crippen molar-refractivity contribution in [3.8, 4) is 0 Å². The lowest BCUT2D eigenvalue weighted by Gasteiger charge is -2.31. The van der Waals surface area contributed by atoms with E-state index in [9.17, 15) is 0 Å². The predicted octanol–water partition coefficient (Wildman–Crippen LogP) is 5.64. The van der Waals surface area contributed by atoms with Crippen LogP contribution < -0.4 is 9.80 Å². The molecule has 0 aliphatic carbocycles. The summed E-state index contributed by atoms with van der Waals surface area (Å²) in [4.78, 5) is 9.42. The average Bonchev–Trinajstić information content (AvgIpc) is 2.91. The number of aromatic nitrogens is 1. The Morgan fingerprint density at radius 3 is 2.36 bits per heavy atom. The Kier molecular flexibility index (Phi) is 3.72. The van der Waals surface area contributed by atoms with E-state index in [1.165, 1.54) is 28.1 Å². The van der Waals surface area contributed by atoms with E-state index in [0.29, 0.717) is 0 Å². The molecule has 126 valence electrons. The average molecular weight is 329 g/mol. The van der Waals surface area contributed by atoms with Crippen LogP contribution in [-0.2, 0) is 0 Å². The largest absolute Gasteiger partial charge is 0.317 e. The van der Waals surface area contributed by atoms with Crippen LogP contribution in [-0.4, -0.2) is 11.1 Å². The minimum atomic E-state index is 0.159. The van der Waals surface area contributed by atoms with Gasteiger partial charge in [0.1, 0.15) is 6.17 Å². The Morgan fingerprint density at radius 2 is 1.60 bits per heavy atom. The summed E-state index contributed by atoms with van der Waals surface area (Å²) in [6.07, 6.45) is 2.03. The number of anilines is 4. The number of fused-ring (bicyclic) bond motifs is 1. The second-order valence-electron chi connectivity index (χ2n) is 6.78. The summed E-state index contributed by atoms with van der Waals surface area (Å²) in [6, 6.07) is 19.2. The van der Waals surface area contributed by atoms with Crippen LogP contribution in [0, 0.1) is 20.8 Å². The van der Waals surface area contributed by atoms with E-state index in [4.69, 9.17) is 4.98 Å². The summed E-state index contributed by atoms with van der Waals surface area (Å²) in [5.41, 5.74) is 7.52. The van der Waals surface area contributed by atoms with Gasteiger partial charge < -0.3 is 9.80 Å². The first kappa shape index (κ1) is 15.7. The van der Waals surface area contributed by atoms with Gasteiger partial charge in [-0.25, -0.2) is 4.98 Å². The summed E-state index contributed by atoms with van der Waals surface area (Å²) in [5.74, 6) is 1.01. The smallest absolute Gasteiger partial charge is 0.158 e. The molecule has 3 nitrogen and oxygen atoms in total. The maximum absolute atomic E-state index is 4.70. The molecule has 3 aromatic rings. The molecule has 2 heterocycles. The molecule has 25 heavy (non-hydrogen) atoms. The van der Waals surface area contributed by atoms with E-state index in [2.05, 4.69) is 86.0 Å². The number of rotatable bonds is 2. The molecule has 1 aliphatic heterocycles. The number of hydrogen-bond donors (Lipinski definition) is 0. The van der Waals surface area contributed by atoms with Gasteiger partial charge in [0, 0.05) is 17.6 Å². The van der Waals surface area contributed by atoms with Gasteiger partial charge in [0.15, 0.2) is 5.82 Å². The summed E-state index contributed by atoms with van der Waals surface area (Å²) < 4.78 is 0. The van der Waals surface area contributed by atoms with Crippen molar-refractivity contribution in [2.24, 2.45) is 0 Å². The predicted molar refractivity (Wildman–Crippen MR) is 105 cm³/mol. The van der Waals surface area contributed by atoms with E-state index in [1.807, 2.05) is 12.3 Å². The van der Waals surface area contributed by atoms with Gasteiger partial charge in [-0.1, -0.05) is 24.3 Å². The Hall–Kier alpha value is -2.81. The Morgan fingerprint density at radius 1 is 0.840 bits per heavy atom. The van der Waals surface area contributed by atoms with Gasteiger partial charge in [0.05, 0.1) is 5.69 Å². The normalized spacial score (nSPS) is 16.2. The van der Waals surface area contributed by atoms with Gasteiger partial charge in [0.2, 0.25) is 0 Å². The summed E-state index contributed by atoms with van der Waals surface area (Å²) >= 11 is 0. The monoisotopic (exact) mass is 329 g/mol. The molecule has 0 saturated heterocycles. The molecule has 0 spiro atoms. The molecular weight excluding hydrogens is 306 g/mol. The van der Waals surface area contributed by atoms with Crippen molar-refractivity contribution in [1.29, 1.82) is 0 Å². The van der Waals surface area contributed by atoms with Crippen LogP contribution in [0.3, 0.4) is 0 Å². The number of hydrogen-bond acceptors (Lipinski definition) is 3. The number of aryl methyl sites for hydroxylation is 2. The number of nitrogens with zero attached hydrogens (tertiary/aromatic N) is 3. The van der Waals surface area contributed by atoms with Crippen LogP contribution in [0.2, 0.25) is 0 Å². The first-order chi connectivity index (χ1) is 12.1. The van der Waals surface area contributed by atoms with Gasteiger partial charge in [-0.3, -0.25) is 0 Å². The molecule has 2 aromatic carbocycles. The second-order valence-corrected chi connectivity index (χ2v) is 6.78. The van der Waals surface area contributed by atoms with Crippen molar-refractivity contribution < 1.29 is 0 Å². The van der Waals surface area contributed by atoms with Gasteiger partial charge in [-0.2, -0.15) is 0 Å². The highest BCUT2D eigenvalue weighted by molar-refractivity contribution is 5.86. The molecule has 0 bridgehead atoms. The van der Waals surface area contributed by atoms with E-state index in [0.717, 1.165) is 11.5 Å². The van der Waals surface area contributed by atoms with E-state index in [1.54, 1.807) is 0 Å². The Labute approximate surface area is 149 Å². The number of pyridine rings is 1. The van der Waals surface area contributed by atoms with Crippen LogP contribution in [0.5, 0.6) is 0 Å². The van der Waals surface area contributed by atoms with Crippen LogP contribution >= 0.6 is 0 Å². The minimum Gasteiger partial charge on any atom is -0.317 e. The molecule has 1 aromatic heterocycles. The minimum absolute atomic E-state index is 0.159. The van der Waals surface area contributed by atoms with Crippen molar-refractivity contribution in [2.45, 2.75) is 33.9 Å². The molecule has 0 radical (unpaired) electrons. The zero-order valence-electron chi connectivity index (χ0n) is 15.2. The Bertz CT molecular complexity index is 918. The lowest BCUT2D eigenvalue weighted by molar-refractivity contribution is 0.755. The SMILES string of the molecule is Cc1cc(C)c(C)c(N2c3cccnc3N(c3ccccc3)[C@@H]2C)c1. The molecule has 0 saturated carbocycles. The third-order valence-electron chi connectivity index (χ3n) is 5.08. The molecule has 4 rings (SSSR count). The summed E-state index contributed by atoms with van der Waals surface area (Å²) in [7, 11) is 0. The summed E-state index contributed by atoms with van der Waals surface area (Å²) in [5, 5.41) is 0. The maximum atomic E-state index is 4.70. The van der Waals surface area contributed by atoms with Crippen LogP contribution in [0.15, 0.2) is 60.8 Å². The van der Waals surface area contributed by atoms with Crippen molar-refractivity contribution in [3.05, 3.63) is 77.5 Å². The Balaban J connectivity index is 1.91.